The van der Waals surface area contributed by atoms with Gasteiger partial charge in [0.25, 0.3) is 0 Å². The second kappa shape index (κ2) is 4.02. The molecule has 1 aromatic heterocycles. The first-order chi connectivity index (χ1) is 8.25. The molecule has 2 N–H and O–H groups in total. The third-order valence-corrected chi connectivity index (χ3v) is 4.02. The van der Waals surface area contributed by atoms with Gasteiger partial charge in [0.05, 0.1) is 15.2 Å². The summed E-state index contributed by atoms with van der Waals surface area (Å²) < 4.78 is 0.950. The van der Waals surface area contributed by atoms with Gasteiger partial charge in [0.15, 0.2) is 5.13 Å². The van der Waals surface area contributed by atoms with E-state index >= 15 is 0 Å². The molecule has 0 saturated heterocycles. The molecular formula is C13H9ClN2S. The number of fused-ring (bicyclic) bond motifs is 1. The fourth-order valence-electron chi connectivity index (χ4n) is 1.82. The van der Waals surface area contributed by atoms with Crippen molar-refractivity contribution in [2.45, 2.75) is 0 Å². The molecule has 0 aliphatic carbocycles. The van der Waals surface area contributed by atoms with Gasteiger partial charge in [-0.2, -0.15) is 0 Å². The maximum atomic E-state index is 6.40. The average molecular weight is 261 g/mol. The minimum absolute atomic E-state index is 0.548. The largest absolute Gasteiger partial charge is 0.375 e. The Bertz CT molecular complexity index is 676. The van der Waals surface area contributed by atoms with Gasteiger partial charge >= 0.3 is 0 Å². The minimum atomic E-state index is 0.548. The second-order valence-electron chi connectivity index (χ2n) is 3.69. The van der Waals surface area contributed by atoms with Crippen LogP contribution in [0, 0.1) is 0 Å². The van der Waals surface area contributed by atoms with E-state index in [-0.39, 0.29) is 0 Å². The molecule has 1 heterocycles. The Hall–Kier alpha value is -1.58. The zero-order chi connectivity index (χ0) is 11.8. The maximum absolute atomic E-state index is 6.40. The lowest BCUT2D eigenvalue weighted by Crippen LogP contribution is -1.80. The molecule has 0 radical (unpaired) electrons. The van der Waals surface area contributed by atoms with Crippen LogP contribution >= 0.6 is 22.9 Å². The van der Waals surface area contributed by atoms with Gasteiger partial charge in [0, 0.05) is 5.56 Å². The molecule has 0 aliphatic rings. The average Bonchev–Trinajstić information content (AvgIpc) is 2.72. The van der Waals surface area contributed by atoms with Crippen LogP contribution in [0.15, 0.2) is 42.5 Å². The Balaban J connectivity index is 2.28. The third kappa shape index (κ3) is 1.77. The van der Waals surface area contributed by atoms with Gasteiger partial charge in [-0.3, -0.25) is 0 Å². The van der Waals surface area contributed by atoms with Crippen molar-refractivity contribution in [2.75, 3.05) is 5.73 Å². The molecule has 17 heavy (non-hydrogen) atoms. The summed E-state index contributed by atoms with van der Waals surface area (Å²) in [6.07, 6.45) is 0. The SMILES string of the molecule is Nc1nc2ccc(-c3ccccc3)c(Cl)c2s1. The smallest absolute Gasteiger partial charge is 0.181 e. The van der Waals surface area contributed by atoms with Crippen LogP contribution in [0.4, 0.5) is 5.13 Å². The monoisotopic (exact) mass is 260 g/mol. The maximum Gasteiger partial charge on any atom is 0.181 e. The number of aromatic nitrogens is 1. The van der Waals surface area contributed by atoms with E-state index in [1.54, 1.807) is 0 Å². The van der Waals surface area contributed by atoms with Gasteiger partial charge in [0.1, 0.15) is 0 Å². The summed E-state index contributed by atoms with van der Waals surface area (Å²) in [5.74, 6) is 0. The standard InChI is InChI=1S/C13H9ClN2S/c14-11-9(8-4-2-1-3-5-8)6-7-10-12(11)17-13(15)16-10/h1-7H,(H2,15,16). The van der Waals surface area contributed by atoms with Gasteiger partial charge in [-0.1, -0.05) is 59.3 Å². The quantitative estimate of drug-likeness (QED) is 0.712. The molecule has 0 bridgehead atoms. The summed E-state index contributed by atoms with van der Waals surface area (Å²) in [6, 6.07) is 14.0. The number of hydrogen-bond acceptors (Lipinski definition) is 3. The van der Waals surface area contributed by atoms with E-state index in [1.165, 1.54) is 11.3 Å². The first-order valence-corrected chi connectivity index (χ1v) is 6.35. The first-order valence-electron chi connectivity index (χ1n) is 5.15. The molecule has 3 rings (SSSR count). The lowest BCUT2D eigenvalue weighted by molar-refractivity contribution is 1.49. The van der Waals surface area contributed by atoms with Crippen LogP contribution < -0.4 is 5.73 Å². The van der Waals surface area contributed by atoms with Crippen LogP contribution in [-0.4, -0.2) is 4.98 Å². The molecule has 2 aromatic carbocycles. The molecule has 0 fully saturated rings. The van der Waals surface area contributed by atoms with E-state index in [4.69, 9.17) is 17.3 Å². The van der Waals surface area contributed by atoms with E-state index in [9.17, 15) is 0 Å². The van der Waals surface area contributed by atoms with Crippen LogP contribution in [-0.2, 0) is 0 Å². The summed E-state index contributed by atoms with van der Waals surface area (Å²) >= 11 is 7.83. The van der Waals surface area contributed by atoms with Crippen LogP contribution in [0.3, 0.4) is 0 Å². The third-order valence-electron chi connectivity index (χ3n) is 2.60. The van der Waals surface area contributed by atoms with E-state index in [2.05, 4.69) is 4.98 Å². The number of thiazole rings is 1. The molecule has 2 nitrogen and oxygen atoms in total. The van der Waals surface area contributed by atoms with Gasteiger partial charge in [-0.15, -0.1) is 0 Å². The number of nitrogens with two attached hydrogens (primary N) is 1. The molecule has 0 unspecified atom stereocenters. The number of benzene rings is 2. The zero-order valence-corrected chi connectivity index (χ0v) is 10.4. The lowest BCUT2D eigenvalue weighted by Gasteiger charge is -2.04. The molecule has 4 heteroatoms. The van der Waals surface area contributed by atoms with Gasteiger partial charge < -0.3 is 5.73 Å². The van der Waals surface area contributed by atoms with Gasteiger partial charge in [-0.25, -0.2) is 4.98 Å². The van der Waals surface area contributed by atoms with E-state index in [0.29, 0.717) is 5.13 Å². The topological polar surface area (TPSA) is 38.9 Å². The van der Waals surface area contributed by atoms with Crippen molar-refractivity contribution in [2.24, 2.45) is 0 Å². The number of nitrogens with zero attached hydrogens (tertiary/aromatic N) is 1. The number of rotatable bonds is 1. The molecule has 0 spiro atoms. The van der Waals surface area contributed by atoms with E-state index in [0.717, 1.165) is 26.4 Å². The number of anilines is 1. The summed E-state index contributed by atoms with van der Waals surface area (Å²) in [5, 5.41) is 1.27. The summed E-state index contributed by atoms with van der Waals surface area (Å²) in [5.41, 5.74) is 8.68. The van der Waals surface area contributed by atoms with Crippen molar-refractivity contribution in [1.82, 2.24) is 4.98 Å². The Morgan fingerprint density at radius 2 is 1.82 bits per heavy atom. The van der Waals surface area contributed by atoms with Crippen molar-refractivity contribution in [3.63, 3.8) is 0 Å². The van der Waals surface area contributed by atoms with Crippen LogP contribution in [0.1, 0.15) is 0 Å². The number of hydrogen-bond donors (Lipinski definition) is 1. The Morgan fingerprint density at radius 3 is 2.59 bits per heavy atom. The molecule has 0 saturated carbocycles. The Labute approximate surface area is 108 Å². The van der Waals surface area contributed by atoms with Crippen molar-refractivity contribution in [3.05, 3.63) is 47.5 Å². The molecule has 0 aliphatic heterocycles. The van der Waals surface area contributed by atoms with Crippen LogP contribution in [0.2, 0.25) is 5.02 Å². The molecule has 3 aromatic rings. The van der Waals surface area contributed by atoms with Gasteiger partial charge in [0.2, 0.25) is 0 Å². The van der Waals surface area contributed by atoms with E-state index < -0.39 is 0 Å². The summed E-state index contributed by atoms with van der Waals surface area (Å²) in [4.78, 5) is 4.22. The number of nitrogen functional groups attached to an aromatic ring is 1. The Morgan fingerprint density at radius 1 is 1.06 bits per heavy atom. The Kier molecular flexibility index (Phi) is 2.50. The summed E-state index contributed by atoms with van der Waals surface area (Å²) in [6.45, 7) is 0. The normalized spacial score (nSPS) is 10.9. The summed E-state index contributed by atoms with van der Waals surface area (Å²) in [7, 11) is 0. The van der Waals surface area contributed by atoms with E-state index in [1.807, 2.05) is 42.5 Å². The van der Waals surface area contributed by atoms with Crippen LogP contribution in [0.25, 0.3) is 21.3 Å². The fraction of sp³-hybridized carbons (Fsp3) is 0. The highest BCUT2D eigenvalue weighted by atomic mass is 35.5. The number of halogens is 1. The van der Waals surface area contributed by atoms with Gasteiger partial charge in [-0.05, 0) is 11.6 Å². The van der Waals surface area contributed by atoms with Crippen molar-refractivity contribution >= 4 is 38.3 Å². The van der Waals surface area contributed by atoms with Crippen molar-refractivity contribution in [1.29, 1.82) is 0 Å². The second-order valence-corrected chi connectivity index (χ2v) is 5.10. The predicted molar refractivity (Wildman–Crippen MR) is 74.5 cm³/mol. The lowest BCUT2D eigenvalue weighted by atomic mass is 10.1. The van der Waals surface area contributed by atoms with Crippen molar-refractivity contribution < 1.29 is 0 Å². The highest BCUT2D eigenvalue weighted by molar-refractivity contribution is 7.22. The van der Waals surface area contributed by atoms with Crippen molar-refractivity contribution in [3.8, 4) is 11.1 Å². The molecule has 0 amide bonds. The zero-order valence-electron chi connectivity index (χ0n) is 8.85. The minimum Gasteiger partial charge on any atom is -0.375 e. The highest BCUT2D eigenvalue weighted by Gasteiger charge is 2.10. The van der Waals surface area contributed by atoms with Crippen LogP contribution in [0.5, 0.6) is 0 Å². The molecule has 0 atom stereocenters. The predicted octanol–water partition coefficient (Wildman–Crippen LogP) is 4.20. The fourth-order valence-corrected chi connectivity index (χ4v) is 2.97. The molecular weight excluding hydrogens is 252 g/mol. The highest BCUT2D eigenvalue weighted by Crippen LogP contribution is 2.37. The molecule has 84 valence electrons. The first kappa shape index (κ1) is 10.6.